The van der Waals surface area contributed by atoms with E-state index in [0.29, 0.717) is 34.8 Å². The van der Waals surface area contributed by atoms with Crippen LogP contribution in [0.4, 0.5) is 5.69 Å². The Morgan fingerprint density at radius 3 is 2.71 bits per heavy atom. The monoisotopic (exact) mass is 539 g/mol. The van der Waals surface area contributed by atoms with Crippen molar-refractivity contribution in [2.75, 3.05) is 11.9 Å². The summed E-state index contributed by atoms with van der Waals surface area (Å²) in [5.74, 6) is -1.23. The standard InChI is InChI=1S/C28H30ClN3O6/c29-20-7-4-18(5-8-20)16-37-26(34)12-17-2-1-3-22(10-6-17)32-15-19(13-25(32)33)27(35)30-21-9-11-23-24(14-21)38-28(36)31-23/h4-5,7-9,11,14,17,19,22H,1-3,6,10,12-13,15-16H2,(H,30,35)(H,31,36). The Balaban J connectivity index is 1.10. The van der Waals surface area contributed by atoms with E-state index in [0.717, 1.165) is 37.7 Å². The molecule has 1 saturated carbocycles. The largest absolute Gasteiger partial charge is 0.461 e. The van der Waals surface area contributed by atoms with E-state index in [-0.39, 0.29) is 42.8 Å². The van der Waals surface area contributed by atoms with Crippen LogP contribution in [0.25, 0.3) is 11.1 Å². The number of amides is 2. The molecule has 2 heterocycles. The summed E-state index contributed by atoms with van der Waals surface area (Å²) >= 11 is 5.90. The highest BCUT2D eigenvalue weighted by Crippen LogP contribution is 2.32. The maximum atomic E-state index is 12.9. The molecule has 2 amide bonds. The van der Waals surface area contributed by atoms with Gasteiger partial charge in [0.2, 0.25) is 11.8 Å². The molecule has 1 saturated heterocycles. The van der Waals surface area contributed by atoms with Gasteiger partial charge in [-0.05, 0) is 61.4 Å². The van der Waals surface area contributed by atoms with Gasteiger partial charge >= 0.3 is 11.7 Å². The molecule has 200 valence electrons. The predicted octanol–water partition coefficient (Wildman–Crippen LogP) is 4.64. The van der Waals surface area contributed by atoms with Crippen LogP contribution in [0.15, 0.2) is 51.7 Å². The number of nitrogens with one attached hydrogen (secondary N) is 2. The van der Waals surface area contributed by atoms with Crippen LogP contribution < -0.4 is 11.1 Å². The summed E-state index contributed by atoms with van der Waals surface area (Å²) in [6.45, 7) is 0.606. The van der Waals surface area contributed by atoms with Gasteiger partial charge in [-0.2, -0.15) is 0 Å². The molecule has 9 nitrogen and oxygen atoms in total. The number of carbonyl (C=O) groups excluding carboxylic acids is 3. The number of ether oxygens (including phenoxy) is 1. The summed E-state index contributed by atoms with van der Waals surface area (Å²) in [6.07, 6.45) is 4.87. The van der Waals surface area contributed by atoms with Gasteiger partial charge in [-0.1, -0.05) is 30.2 Å². The molecule has 2 aromatic carbocycles. The molecule has 2 fully saturated rings. The Hall–Kier alpha value is -3.59. The predicted molar refractivity (Wildman–Crippen MR) is 142 cm³/mol. The number of rotatable bonds is 7. The third kappa shape index (κ3) is 6.27. The van der Waals surface area contributed by atoms with E-state index in [1.165, 1.54) is 0 Å². The lowest BCUT2D eigenvalue weighted by atomic mass is 9.96. The van der Waals surface area contributed by atoms with Gasteiger partial charge in [0.15, 0.2) is 5.58 Å². The Morgan fingerprint density at radius 2 is 1.89 bits per heavy atom. The molecule has 5 rings (SSSR count). The maximum Gasteiger partial charge on any atom is 0.417 e. The summed E-state index contributed by atoms with van der Waals surface area (Å²) in [5, 5.41) is 3.49. The summed E-state index contributed by atoms with van der Waals surface area (Å²) in [7, 11) is 0. The fourth-order valence-corrected chi connectivity index (χ4v) is 5.57. The molecular formula is C28H30ClN3O6. The summed E-state index contributed by atoms with van der Waals surface area (Å²) < 4.78 is 10.5. The molecule has 0 bridgehead atoms. The molecule has 10 heteroatoms. The van der Waals surface area contributed by atoms with E-state index in [4.69, 9.17) is 20.8 Å². The number of halogens is 1. The zero-order chi connectivity index (χ0) is 26.6. The van der Waals surface area contributed by atoms with E-state index in [2.05, 4.69) is 10.3 Å². The number of anilines is 1. The van der Waals surface area contributed by atoms with Crippen LogP contribution in [0.5, 0.6) is 0 Å². The summed E-state index contributed by atoms with van der Waals surface area (Å²) in [6, 6.07) is 12.2. The average Bonchev–Trinajstić information content (AvgIpc) is 3.38. The minimum Gasteiger partial charge on any atom is -0.461 e. The Kier molecular flexibility index (Phi) is 7.83. The van der Waals surface area contributed by atoms with E-state index in [9.17, 15) is 19.2 Å². The number of aromatic nitrogens is 1. The van der Waals surface area contributed by atoms with Crippen molar-refractivity contribution >= 4 is 46.2 Å². The molecule has 3 unspecified atom stereocenters. The zero-order valence-electron chi connectivity index (χ0n) is 20.9. The maximum absolute atomic E-state index is 12.9. The van der Waals surface area contributed by atoms with Crippen LogP contribution in [0.3, 0.4) is 0 Å². The smallest absolute Gasteiger partial charge is 0.417 e. The lowest BCUT2D eigenvalue weighted by molar-refractivity contribution is -0.146. The van der Waals surface area contributed by atoms with Crippen LogP contribution in [0.1, 0.15) is 50.5 Å². The third-order valence-corrected chi connectivity index (χ3v) is 7.74. The summed E-state index contributed by atoms with van der Waals surface area (Å²) in [5.41, 5.74) is 2.32. The van der Waals surface area contributed by atoms with Crippen molar-refractivity contribution < 1.29 is 23.5 Å². The van der Waals surface area contributed by atoms with Gasteiger partial charge in [-0.3, -0.25) is 19.4 Å². The van der Waals surface area contributed by atoms with Gasteiger partial charge < -0.3 is 19.4 Å². The van der Waals surface area contributed by atoms with Crippen LogP contribution in [-0.4, -0.2) is 40.3 Å². The molecule has 0 radical (unpaired) electrons. The Labute approximate surface area is 224 Å². The zero-order valence-corrected chi connectivity index (χ0v) is 21.7. The first-order chi connectivity index (χ1) is 18.3. The topological polar surface area (TPSA) is 122 Å². The fourth-order valence-electron chi connectivity index (χ4n) is 5.44. The van der Waals surface area contributed by atoms with E-state index < -0.39 is 11.7 Å². The highest BCUT2D eigenvalue weighted by Gasteiger charge is 2.38. The second kappa shape index (κ2) is 11.4. The summed E-state index contributed by atoms with van der Waals surface area (Å²) in [4.78, 5) is 53.9. The molecule has 2 aliphatic rings. The molecule has 2 N–H and O–H groups in total. The van der Waals surface area contributed by atoms with E-state index in [1.807, 2.05) is 17.0 Å². The van der Waals surface area contributed by atoms with Crippen LogP contribution in [0, 0.1) is 11.8 Å². The van der Waals surface area contributed by atoms with Gasteiger partial charge in [0, 0.05) is 42.2 Å². The number of benzene rings is 2. The van der Waals surface area contributed by atoms with Gasteiger partial charge in [0.05, 0.1) is 11.4 Å². The number of fused-ring (bicyclic) bond motifs is 1. The van der Waals surface area contributed by atoms with Gasteiger partial charge in [-0.15, -0.1) is 0 Å². The van der Waals surface area contributed by atoms with Gasteiger partial charge in [0.1, 0.15) is 6.61 Å². The number of oxazole rings is 1. The molecule has 0 spiro atoms. The van der Waals surface area contributed by atoms with Crippen molar-refractivity contribution in [3.63, 3.8) is 0 Å². The van der Waals surface area contributed by atoms with Crippen molar-refractivity contribution in [1.29, 1.82) is 0 Å². The quantitative estimate of drug-likeness (QED) is 0.333. The van der Waals surface area contributed by atoms with Crippen molar-refractivity contribution in [3.8, 4) is 0 Å². The van der Waals surface area contributed by atoms with Crippen molar-refractivity contribution in [2.24, 2.45) is 11.8 Å². The first-order valence-electron chi connectivity index (χ1n) is 13.0. The molecule has 3 aromatic rings. The van der Waals surface area contributed by atoms with E-state index >= 15 is 0 Å². The lowest BCUT2D eigenvalue weighted by Gasteiger charge is -2.27. The minimum absolute atomic E-state index is 0.0111. The third-order valence-electron chi connectivity index (χ3n) is 7.48. The SMILES string of the molecule is O=C(CC1CCCC(N2CC(C(=O)Nc3ccc4[nH]c(=O)oc4c3)CC2=O)CC1)OCc1ccc(Cl)cc1. The van der Waals surface area contributed by atoms with Crippen molar-refractivity contribution in [2.45, 2.75) is 57.6 Å². The second-order valence-corrected chi connectivity index (χ2v) is 10.6. The molecule has 1 aliphatic carbocycles. The number of esters is 1. The lowest BCUT2D eigenvalue weighted by Crippen LogP contribution is -2.37. The van der Waals surface area contributed by atoms with Crippen molar-refractivity contribution in [3.05, 3.63) is 63.6 Å². The number of hydrogen-bond donors (Lipinski definition) is 2. The number of nitrogens with zero attached hydrogens (tertiary/aromatic N) is 1. The second-order valence-electron chi connectivity index (χ2n) is 10.2. The minimum atomic E-state index is -0.555. The first kappa shape index (κ1) is 26.0. The number of H-pyrrole nitrogens is 1. The Bertz CT molecular complexity index is 1380. The molecule has 1 aliphatic heterocycles. The Morgan fingerprint density at radius 1 is 1.08 bits per heavy atom. The molecule has 1 aromatic heterocycles. The van der Waals surface area contributed by atoms with Crippen molar-refractivity contribution in [1.82, 2.24) is 9.88 Å². The molecule has 3 atom stereocenters. The number of likely N-dealkylation sites (tertiary alicyclic amines) is 1. The number of carbonyl (C=O) groups is 3. The normalized spacial score (nSPS) is 21.9. The van der Waals surface area contributed by atoms with Crippen LogP contribution >= 0.6 is 11.6 Å². The van der Waals surface area contributed by atoms with Crippen LogP contribution in [-0.2, 0) is 25.7 Å². The van der Waals surface area contributed by atoms with Gasteiger partial charge in [0.25, 0.3) is 0 Å². The van der Waals surface area contributed by atoms with E-state index in [1.54, 1.807) is 30.3 Å². The average molecular weight is 540 g/mol. The highest BCUT2D eigenvalue weighted by atomic mass is 35.5. The highest BCUT2D eigenvalue weighted by molar-refractivity contribution is 6.30. The fraction of sp³-hybridized carbons (Fsp3) is 0.429. The number of aromatic amines is 1. The van der Waals surface area contributed by atoms with Gasteiger partial charge in [-0.25, -0.2) is 4.79 Å². The molecule has 38 heavy (non-hydrogen) atoms. The molecular weight excluding hydrogens is 510 g/mol. The van der Waals surface area contributed by atoms with Crippen LogP contribution in [0.2, 0.25) is 5.02 Å². The first-order valence-corrected chi connectivity index (χ1v) is 13.3. The number of hydrogen-bond acceptors (Lipinski definition) is 6.